The molecule has 5 nitrogen and oxygen atoms in total. The molecule has 0 heterocycles. The van der Waals surface area contributed by atoms with E-state index in [1.165, 1.54) is 33.3 Å². The first-order valence-corrected chi connectivity index (χ1v) is 5.62. The molecular formula is C13H15FO5. The van der Waals surface area contributed by atoms with E-state index in [0.717, 1.165) is 0 Å². The highest BCUT2D eigenvalue weighted by atomic mass is 19.1. The standard InChI is InChI=1S/C13H15FO5/c1-4-19-13(16)10(14)11(15)8-6-5-7-9(17-2)12(8)18-3/h5-7,10H,4H2,1-3H3. The average molecular weight is 270 g/mol. The third kappa shape index (κ3) is 3.21. The molecule has 1 aromatic carbocycles. The van der Waals surface area contributed by atoms with Crippen LogP contribution in [0.25, 0.3) is 0 Å². The van der Waals surface area contributed by atoms with Gasteiger partial charge in [-0.25, -0.2) is 9.18 Å². The summed E-state index contributed by atoms with van der Waals surface area (Å²) in [6.07, 6.45) is -2.37. The summed E-state index contributed by atoms with van der Waals surface area (Å²) < 4.78 is 28.2. The number of hydrogen-bond donors (Lipinski definition) is 0. The molecular weight excluding hydrogens is 255 g/mol. The zero-order valence-electron chi connectivity index (χ0n) is 10.9. The van der Waals surface area contributed by atoms with Crippen molar-refractivity contribution in [1.29, 1.82) is 0 Å². The molecule has 0 N–H and O–H groups in total. The molecule has 104 valence electrons. The number of alkyl halides is 1. The van der Waals surface area contributed by atoms with E-state index in [-0.39, 0.29) is 23.7 Å². The summed E-state index contributed by atoms with van der Waals surface area (Å²) in [5.74, 6) is -1.86. The number of Topliss-reactive ketones (excluding diaryl/α,β-unsaturated/α-hetero) is 1. The number of carbonyl (C=O) groups excluding carboxylic acids is 2. The van der Waals surface area contributed by atoms with Gasteiger partial charge in [-0.15, -0.1) is 0 Å². The quantitative estimate of drug-likeness (QED) is 0.448. The lowest BCUT2D eigenvalue weighted by molar-refractivity contribution is -0.147. The molecule has 1 rings (SSSR count). The Bertz CT molecular complexity index is 472. The molecule has 0 aliphatic heterocycles. The van der Waals surface area contributed by atoms with E-state index in [2.05, 4.69) is 4.74 Å². The monoisotopic (exact) mass is 270 g/mol. The minimum Gasteiger partial charge on any atom is -0.493 e. The van der Waals surface area contributed by atoms with Crippen LogP contribution in [0.5, 0.6) is 11.5 Å². The highest BCUT2D eigenvalue weighted by Crippen LogP contribution is 2.31. The third-order valence-corrected chi connectivity index (χ3v) is 2.39. The summed E-state index contributed by atoms with van der Waals surface area (Å²) in [5.41, 5.74) is -0.0672. The van der Waals surface area contributed by atoms with E-state index < -0.39 is 17.9 Å². The summed E-state index contributed by atoms with van der Waals surface area (Å²) in [6, 6.07) is 4.43. The maximum atomic E-state index is 13.7. The number of carbonyl (C=O) groups is 2. The lowest BCUT2D eigenvalue weighted by Crippen LogP contribution is -2.28. The van der Waals surface area contributed by atoms with Crippen molar-refractivity contribution < 1.29 is 28.2 Å². The van der Waals surface area contributed by atoms with Gasteiger partial charge in [0.1, 0.15) is 0 Å². The van der Waals surface area contributed by atoms with E-state index in [0.29, 0.717) is 0 Å². The second-order valence-corrected chi connectivity index (χ2v) is 3.52. The van der Waals surface area contributed by atoms with Gasteiger partial charge in [-0.2, -0.15) is 0 Å². The lowest BCUT2D eigenvalue weighted by atomic mass is 10.1. The van der Waals surface area contributed by atoms with Crippen molar-refractivity contribution in [3.8, 4) is 11.5 Å². The molecule has 6 heteroatoms. The minimum atomic E-state index is -2.37. The van der Waals surface area contributed by atoms with E-state index in [1.54, 1.807) is 6.07 Å². The molecule has 0 amide bonds. The first-order chi connectivity index (χ1) is 9.06. The number of methoxy groups -OCH3 is 2. The van der Waals surface area contributed by atoms with Crippen LogP contribution in [0, 0.1) is 0 Å². The molecule has 0 radical (unpaired) electrons. The Morgan fingerprint density at radius 2 is 1.95 bits per heavy atom. The molecule has 0 fully saturated rings. The van der Waals surface area contributed by atoms with Gasteiger partial charge in [-0.05, 0) is 19.1 Å². The van der Waals surface area contributed by atoms with Crippen LogP contribution >= 0.6 is 0 Å². The predicted octanol–water partition coefficient (Wildman–Crippen LogP) is 1.79. The van der Waals surface area contributed by atoms with E-state index in [4.69, 9.17) is 9.47 Å². The van der Waals surface area contributed by atoms with Crippen LogP contribution < -0.4 is 9.47 Å². The molecule has 0 saturated heterocycles. The second kappa shape index (κ2) is 6.72. The highest BCUT2D eigenvalue weighted by Gasteiger charge is 2.31. The van der Waals surface area contributed by atoms with Gasteiger partial charge >= 0.3 is 5.97 Å². The fourth-order valence-corrected chi connectivity index (χ4v) is 1.54. The molecule has 19 heavy (non-hydrogen) atoms. The Morgan fingerprint density at radius 1 is 1.26 bits per heavy atom. The molecule has 0 aliphatic carbocycles. The van der Waals surface area contributed by atoms with E-state index in [1.807, 2.05) is 0 Å². The Kier molecular flexibility index (Phi) is 5.29. The summed E-state index contributed by atoms with van der Waals surface area (Å²) in [7, 11) is 2.72. The van der Waals surface area contributed by atoms with Crippen molar-refractivity contribution in [2.75, 3.05) is 20.8 Å². The predicted molar refractivity (Wildman–Crippen MR) is 65.4 cm³/mol. The van der Waals surface area contributed by atoms with Gasteiger partial charge in [0.25, 0.3) is 6.17 Å². The molecule has 1 atom stereocenters. The van der Waals surface area contributed by atoms with Crippen LogP contribution in [0.3, 0.4) is 0 Å². The minimum absolute atomic E-state index is 0.00176. The van der Waals surface area contributed by atoms with Crippen LogP contribution in [0.4, 0.5) is 4.39 Å². The Hall–Kier alpha value is -2.11. The Morgan fingerprint density at radius 3 is 2.47 bits per heavy atom. The van der Waals surface area contributed by atoms with Crippen LogP contribution in [0.2, 0.25) is 0 Å². The SMILES string of the molecule is CCOC(=O)C(F)C(=O)c1cccc(OC)c1OC. The number of para-hydroxylation sites is 1. The van der Waals surface area contributed by atoms with Gasteiger partial charge in [0, 0.05) is 0 Å². The van der Waals surface area contributed by atoms with Gasteiger partial charge in [0.15, 0.2) is 11.5 Å². The first-order valence-electron chi connectivity index (χ1n) is 5.62. The zero-order chi connectivity index (χ0) is 14.4. The van der Waals surface area contributed by atoms with Crippen molar-refractivity contribution in [3.63, 3.8) is 0 Å². The van der Waals surface area contributed by atoms with Crippen LogP contribution in [0.15, 0.2) is 18.2 Å². The normalized spacial score (nSPS) is 11.6. The second-order valence-electron chi connectivity index (χ2n) is 3.52. The van der Waals surface area contributed by atoms with Crippen LogP contribution in [-0.2, 0) is 9.53 Å². The summed E-state index contributed by atoms with van der Waals surface area (Å²) >= 11 is 0. The molecule has 0 spiro atoms. The third-order valence-electron chi connectivity index (χ3n) is 2.39. The maximum Gasteiger partial charge on any atom is 0.349 e. The van der Waals surface area contributed by atoms with Gasteiger partial charge in [-0.3, -0.25) is 4.79 Å². The van der Waals surface area contributed by atoms with Crippen LogP contribution in [-0.4, -0.2) is 38.8 Å². The van der Waals surface area contributed by atoms with Crippen molar-refractivity contribution in [2.45, 2.75) is 13.1 Å². The highest BCUT2D eigenvalue weighted by molar-refractivity contribution is 6.12. The fourth-order valence-electron chi connectivity index (χ4n) is 1.54. The van der Waals surface area contributed by atoms with Gasteiger partial charge in [0.05, 0.1) is 26.4 Å². The van der Waals surface area contributed by atoms with E-state index >= 15 is 0 Å². The zero-order valence-corrected chi connectivity index (χ0v) is 10.9. The number of rotatable bonds is 6. The summed E-state index contributed by atoms with van der Waals surface area (Å²) in [5, 5.41) is 0. The largest absolute Gasteiger partial charge is 0.493 e. The number of hydrogen-bond acceptors (Lipinski definition) is 5. The Balaban J connectivity index is 3.09. The molecule has 0 bridgehead atoms. The number of ether oxygens (including phenoxy) is 3. The van der Waals surface area contributed by atoms with Crippen molar-refractivity contribution in [3.05, 3.63) is 23.8 Å². The molecule has 1 unspecified atom stereocenters. The summed E-state index contributed by atoms with van der Waals surface area (Å²) in [4.78, 5) is 23.1. The maximum absolute atomic E-state index is 13.7. The number of benzene rings is 1. The smallest absolute Gasteiger partial charge is 0.349 e. The topological polar surface area (TPSA) is 61.8 Å². The number of ketones is 1. The Labute approximate surface area is 110 Å². The van der Waals surface area contributed by atoms with Crippen LogP contribution in [0.1, 0.15) is 17.3 Å². The van der Waals surface area contributed by atoms with Gasteiger partial charge in [0.2, 0.25) is 5.78 Å². The van der Waals surface area contributed by atoms with Crippen molar-refractivity contribution in [2.24, 2.45) is 0 Å². The van der Waals surface area contributed by atoms with E-state index in [9.17, 15) is 14.0 Å². The molecule has 0 aromatic heterocycles. The van der Waals surface area contributed by atoms with Gasteiger partial charge < -0.3 is 14.2 Å². The van der Waals surface area contributed by atoms with Gasteiger partial charge in [-0.1, -0.05) is 6.07 Å². The first kappa shape index (κ1) is 14.9. The van der Waals surface area contributed by atoms with Crippen molar-refractivity contribution >= 4 is 11.8 Å². The molecule has 0 aliphatic rings. The number of halogens is 1. The van der Waals surface area contributed by atoms with Crippen molar-refractivity contribution in [1.82, 2.24) is 0 Å². The average Bonchev–Trinajstić information content (AvgIpc) is 2.44. The lowest BCUT2D eigenvalue weighted by Gasteiger charge is -2.13. The fraction of sp³-hybridized carbons (Fsp3) is 0.385. The number of esters is 1. The molecule has 1 aromatic rings. The summed E-state index contributed by atoms with van der Waals surface area (Å²) in [6.45, 7) is 1.53. The molecule has 0 saturated carbocycles.